The molecule has 0 aromatic carbocycles. The van der Waals surface area contributed by atoms with E-state index in [0.717, 1.165) is 0 Å². The molecule has 0 atom stereocenters. The van der Waals surface area contributed by atoms with Crippen LogP contribution >= 0.6 is 0 Å². The Bertz CT molecular complexity index is 7.61. The maximum Gasteiger partial charge on any atom is 0.0402 e. The van der Waals surface area contributed by atoms with Crippen LogP contribution in [-0.4, -0.2) is 17.2 Å². The van der Waals surface area contributed by atoms with Crippen molar-refractivity contribution in [2.24, 2.45) is 0 Å². The summed E-state index contributed by atoms with van der Waals surface area (Å²) in [5.74, 6) is 0. The Hall–Kier alpha value is 1.26. The fourth-order valence-electron chi connectivity index (χ4n) is 0. The molecule has 0 fully saturated rings. The van der Waals surface area contributed by atoms with E-state index in [1.807, 2.05) is 0 Å². The van der Waals surface area contributed by atoms with E-state index in [4.69, 9.17) is 5.11 Å². The third-order valence-corrected chi connectivity index (χ3v) is 0. The van der Waals surface area contributed by atoms with E-state index in [2.05, 4.69) is 0 Å². The normalized spacial score (nSPS) is 3.60. The smallest absolute Gasteiger partial charge is 0.0402 e. The van der Waals surface area contributed by atoms with Crippen LogP contribution in [0.3, 0.4) is 0 Å². The van der Waals surface area contributed by atoms with E-state index < -0.39 is 0 Å². The molecule has 0 saturated heterocycles. The van der Waals surface area contributed by atoms with Gasteiger partial charge in [-0.25, -0.2) is 0 Å². The van der Waals surface area contributed by atoms with Gasteiger partial charge in [0.1, 0.15) is 0 Å². The van der Waals surface area contributed by atoms with Crippen LogP contribution in [0.2, 0.25) is 0 Å². The number of aliphatic hydroxyl groups is 1. The van der Waals surface area contributed by atoms with Gasteiger partial charge >= 0.3 is 0 Å². The minimum Gasteiger partial charge on any atom is -0.412 e. The molecule has 0 amide bonds. The molecule has 0 spiro atoms. The van der Waals surface area contributed by atoms with E-state index in [0.29, 0.717) is 0 Å². The fraction of sp³-hybridized carbons (Fsp3) is 1.00. The number of hydrogen-bond acceptors (Lipinski definition) is 1. The Labute approximate surface area is 64.0 Å². The third kappa shape index (κ3) is 35.3. The zero-order valence-electron chi connectivity index (χ0n) is 3.06. The van der Waals surface area contributed by atoms with Crippen molar-refractivity contribution >= 4 is 0 Å². The number of hydrogen-bond donors (Lipinski definition) is 1. The van der Waals surface area contributed by atoms with Crippen molar-refractivity contribution < 1.29 is 51.0 Å². The predicted octanol–water partition coefficient (Wildman–Crippen LogP) is -0.826. The molecular weight excluding hydrogens is 206 g/mol. The second-order valence-electron chi connectivity index (χ2n) is 0.316. The van der Waals surface area contributed by atoms with Gasteiger partial charge in [0.25, 0.3) is 0 Å². The molecule has 0 aromatic heterocycles. The molecule has 5 heavy (non-hydrogen) atoms. The SMILES string of the molecule is CCO.O.[Sm]. The van der Waals surface area contributed by atoms with E-state index in [-0.39, 0.29) is 52.5 Å². The summed E-state index contributed by atoms with van der Waals surface area (Å²) in [7, 11) is 0. The Morgan fingerprint density at radius 2 is 1.60 bits per heavy atom. The molecule has 3 N–H and O–H groups in total. The summed E-state index contributed by atoms with van der Waals surface area (Å²) in [4.78, 5) is 0. The molecule has 2 nitrogen and oxygen atoms in total. The van der Waals surface area contributed by atoms with Gasteiger partial charge < -0.3 is 10.6 Å². The Kier molecular flexibility index (Phi) is 61.0. The Balaban J connectivity index is -0.0000000200. The zero-order valence-corrected chi connectivity index (χ0v) is 5.68. The van der Waals surface area contributed by atoms with Gasteiger partial charge in [0.2, 0.25) is 0 Å². The van der Waals surface area contributed by atoms with Crippen LogP contribution in [-0.2, 0) is 0 Å². The van der Waals surface area contributed by atoms with Crippen LogP contribution < -0.4 is 0 Å². The molecule has 0 aliphatic heterocycles. The average Bonchev–Trinajstić information content (AvgIpc) is 0.918. The Morgan fingerprint density at radius 3 is 1.60 bits per heavy atom. The van der Waals surface area contributed by atoms with Crippen LogP contribution in [0.25, 0.3) is 0 Å². The monoisotopic (exact) mass is 216 g/mol. The van der Waals surface area contributed by atoms with Gasteiger partial charge in [-0.2, -0.15) is 0 Å². The molecule has 3 heteroatoms. The second-order valence-corrected chi connectivity index (χ2v) is 0.316. The summed E-state index contributed by atoms with van der Waals surface area (Å²) in [6.07, 6.45) is 0. The largest absolute Gasteiger partial charge is 0.412 e. The van der Waals surface area contributed by atoms with Gasteiger partial charge in [0.05, 0.1) is 0 Å². The predicted molar refractivity (Wildman–Crippen MR) is 16.4 cm³/mol. The minimum absolute atomic E-state index is 0. The van der Waals surface area contributed by atoms with Gasteiger partial charge in [-0.1, -0.05) is 0 Å². The van der Waals surface area contributed by atoms with Crippen LogP contribution in [0.1, 0.15) is 6.92 Å². The molecule has 0 saturated carbocycles. The Morgan fingerprint density at radius 1 is 1.60 bits per heavy atom. The van der Waals surface area contributed by atoms with Crippen LogP contribution in [0.4, 0.5) is 0 Å². The topological polar surface area (TPSA) is 51.7 Å². The van der Waals surface area contributed by atoms with E-state index in [1.165, 1.54) is 0 Å². The summed E-state index contributed by atoms with van der Waals surface area (Å²) in [6, 6.07) is 0. The van der Waals surface area contributed by atoms with E-state index in [1.54, 1.807) is 6.92 Å². The fourth-order valence-corrected chi connectivity index (χ4v) is 0. The van der Waals surface area contributed by atoms with E-state index >= 15 is 0 Å². The average molecular weight is 214 g/mol. The van der Waals surface area contributed by atoms with Crippen LogP contribution in [0, 0.1) is 40.4 Å². The van der Waals surface area contributed by atoms with Gasteiger partial charge in [-0.15, -0.1) is 0 Å². The summed E-state index contributed by atoms with van der Waals surface area (Å²) in [6.45, 7) is 1.93. The van der Waals surface area contributed by atoms with Gasteiger partial charge in [0, 0.05) is 47.0 Å². The molecule has 0 heterocycles. The molecule has 0 rings (SSSR count). The van der Waals surface area contributed by atoms with Crippen molar-refractivity contribution in [3.8, 4) is 0 Å². The first kappa shape index (κ1) is 16.3. The summed E-state index contributed by atoms with van der Waals surface area (Å²) in [5, 5.41) is 7.57. The van der Waals surface area contributed by atoms with Crippen molar-refractivity contribution in [1.29, 1.82) is 0 Å². The molecule has 0 radical (unpaired) electrons. The number of aliphatic hydroxyl groups excluding tert-OH is 1. The second kappa shape index (κ2) is 18.7. The first-order valence-electron chi connectivity index (χ1n) is 1.02. The van der Waals surface area contributed by atoms with Crippen molar-refractivity contribution in [3.05, 3.63) is 0 Å². The van der Waals surface area contributed by atoms with Gasteiger partial charge in [-0.05, 0) is 6.92 Å². The zero-order chi connectivity index (χ0) is 2.71. The first-order valence-corrected chi connectivity index (χ1v) is 1.02. The first-order chi connectivity index (χ1) is 1.41. The van der Waals surface area contributed by atoms with Crippen molar-refractivity contribution in [3.63, 3.8) is 0 Å². The summed E-state index contributed by atoms with van der Waals surface area (Å²) < 4.78 is 0. The van der Waals surface area contributed by atoms with Crippen LogP contribution in [0.5, 0.6) is 0 Å². The van der Waals surface area contributed by atoms with Gasteiger partial charge in [0.15, 0.2) is 0 Å². The van der Waals surface area contributed by atoms with Crippen molar-refractivity contribution in [2.75, 3.05) is 6.61 Å². The summed E-state index contributed by atoms with van der Waals surface area (Å²) >= 11 is 0. The third-order valence-electron chi connectivity index (χ3n) is 0. The minimum atomic E-state index is 0. The van der Waals surface area contributed by atoms with Gasteiger partial charge in [-0.3, -0.25) is 0 Å². The van der Waals surface area contributed by atoms with Crippen LogP contribution in [0.15, 0.2) is 0 Å². The molecular formula is C2H8O2Sm. The summed E-state index contributed by atoms with van der Waals surface area (Å²) in [5.41, 5.74) is 0. The van der Waals surface area contributed by atoms with E-state index in [9.17, 15) is 0 Å². The maximum atomic E-state index is 7.57. The quantitative estimate of drug-likeness (QED) is 0.562. The molecule has 34 valence electrons. The molecule has 0 bridgehead atoms. The molecule has 0 aromatic rings. The molecule has 0 unspecified atom stereocenters. The molecule has 0 aliphatic carbocycles. The standard InChI is InChI=1S/C2H6O.H2O.Sm/c1-2-3;;/h3H,2H2,1H3;1H2;. The molecule has 0 aliphatic rings. The van der Waals surface area contributed by atoms with Crippen molar-refractivity contribution in [2.45, 2.75) is 6.92 Å². The maximum absolute atomic E-state index is 7.57. The van der Waals surface area contributed by atoms with Crippen molar-refractivity contribution in [1.82, 2.24) is 0 Å². The number of rotatable bonds is 0.